The van der Waals surface area contributed by atoms with Gasteiger partial charge in [-0.2, -0.15) is 0 Å². The van der Waals surface area contributed by atoms with E-state index in [1.165, 1.54) is 13.0 Å². The van der Waals surface area contributed by atoms with Gasteiger partial charge in [0.2, 0.25) is 0 Å². The molecule has 2 nitrogen and oxygen atoms in total. The molecule has 0 N–H and O–H groups in total. The van der Waals surface area contributed by atoms with Gasteiger partial charge in [-0.3, -0.25) is 4.79 Å². The monoisotopic (exact) mass is 290 g/mol. The lowest BCUT2D eigenvalue weighted by atomic mass is 9.87. The lowest BCUT2D eigenvalue weighted by Crippen LogP contribution is -2.29. The van der Waals surface area contributed by atoms with Crippen LogP contribution in [0, 0.1) is 11.6 Å². The molecular weight excluding hydrogens is 274 g/mol. The van der Waals surface area contributed by atoms with Crippen molar-refractivity contribution in [1.82, 2.24) is 0 Å². The van der Waals surface area contributed by atoms with Crippen LogP contribution >= 0.6 is 0 Å². The third-order valence-corrected chi connectivity index (χ3v) is 4.18. The Morgan fingerprint density at radius 1 is 1.14 bits per heavy atom. The van der Waals surface area contributed by atoms with Crippen molar-refractivity contribution in [2.24, 2.45) is 0 Å². The zero-order valence-electron chi connectivity index (χ0n) is 11.8. The molecule has 0 aliphatic heterocycles. The summed E-state index contributed by atoms with van der Waals surface area (Å²) in [6.45, 7) is 1.35. The van der Waals surface area contributed by atoms with E-state index < -0.39 is 23.2 Å². The third-order valence-electron chi connectivity index (χ3n) is 4.18. The molecule has 0 radical (unpaired) electrons. The molecule has 1 aliphatic rings. The van der Waals surface area contributed by atoms with Crippen LogP contribution in [0.3, 0.4) is 0 Å². The zero-order chi connectivity index (χ0) is 15.0. The van der Waals surface area contributed by atoms with Gasteiger partial charge in [0, 0.05) is 17.9 Å². The maximum Gasteiger partial charge on any atom is 0.303 e. The van der Waals surface area contributed by atoms with Crippen molar-refractivity contribution in [3.8, 4) is 0 Å². The average molecular weight is 290 g/mol. The van der Waals surface area contributed by atoms with Crippen molar-refractivity contribution in [3.05, 3.63) is 47.5 Å². The molecule has 0 unspecified atom stereocenters. The van der Waals surface area contributed by atoms with Gasteiger partial charge in [0.25, 0.3) is 0 Å². The smallest absolute Gasteiger partial charge is 0.303 e. The SMILES string of the molecule is CC(=O)OC1(c2cc(F)c(F)c3ccccc23)CCCC1. The van der Waals surface area contributed by atoms with E-state index >= 15 is 0 Å². The van der Waals surface area contributed by atoms with E-state index in [4.69, 9.17) is 4.74 Å². The first-order chi connectivity index (χ1) is 10.0. The zero-order valence-corrected chi connectivity index (χ0v) is 11.8. The maximum absolute atomic E-state index is 14.0. The van der Waals surface area contributed by atoms with Crippen molar-refractivity contribution in [3.63, 3.8) is 0 Å². The summed E-state index contributed by atoms with van der Waals surface area (Å²) in [5.74, 6) is -2.15. The van der Waals surface area contributed by atoms with Gasteiger partial charge in [-0.15, -0.1) is 0 Å². The Balaban J connectivity index is 2.27. The lowest BCUT2D eigenvalue weighted by Gasteiger charge is -2.30. The highest BCUT2D eigenvalue weighted by molar-refractivity contribution is 5.87. The molecule has 2 aromatic rings. The van der Waals surface area contributed by atoms with E-state index in [1.54, 1.807) is 24.3 Å². The molecule has 3 rings (SSSR count). The standard InChI is InChI=1S/C17H16F2O2/c1-11(20)21-17(8-4-5-9-17)14-10-15(18)16(19)13-7-3-2-6-12(13)14/h2-3,6-7,10H,4-5,8-9H2,1H3. The highest BCUT2D eigenvalue weighted by Gasteiger charge is 2.40. The number of rotatable bonds is 2. The van der Waals surface area contributed by atoms with Crippen LogP contribution in [0.2, 0.25) is 0 Å². The molecule has 0 aromatic heterocycles. The topological polar surface area (TPSA) is 26.3 Å². The highest BCUT2D eigenvalue weighted by Crippen LogP contribution is 2.45. The predicted molar refractivity (Wildman–Crippen MR) is 75.8 cm³/mol. The van der Waals surface area contributed by atoms with E-state index in [0.717, 1.165) is 12.8 Å². The summed E-state index contributed by atoms with van der Waals surface area (Å²) in [5, 5.41) is 0.838. The second-order valence-electron chi connectivity index (χ2n) is 5.56. The summed E-state index contributed by atoms with van der Waals surface area (Å²) < 4.78 is 33.5. The van der Waals surface area contributed by atoms with Gasteiger partial charge in [0.1, 0.15) is 5.60 Å². The molecule has 2 aromatic carbocycles. The number of carbonyl (C=O) groups excluding carboxylic acids is 1. The molecule has 0 bridgehead atoms. The van der Waals surface area contributed by atoms with Gasteiger partial charge in [-0.05, 0) is 37.1 Å². The summed E-state index contributed by atoms with van der Waals surface area (Å²) in [7, 11) is 0. The molecule has 0 atom stereocenters. The van der Waals surface area contributed by atoms with E-state index in [2.05, 4.69) is 0 Å². The number of halogens is 2. The Morgan fingerprint density at radius 2 is 1.76 bits per heavy atom. The number of carbonyl (C=O) groups is 1. The molecule has 4 heteroatoms. The fourth-order valence-corrected chi connectivity index (χ4v) is 3.33. The summed E-state index contributed by atoms with van der Waals surface area (Å²) in [6.07, 6.45) is 3.09. The molecule has 0 spiro atoms. The molecule has 1 saturated carbocycles. The summed E-state index contributed by atoms with van der Waals surface area (Å²) in [4.78, 5) is 11.5. The molecule has 110 valence electrons. The van der Waals surface area contributed by atoms with Crippen LogP contribution in [0.1, 0.15) is 38.2 Å². The van der Waals surface area contributed by atoms with Crippen molar-refractivity contribution in [2.75, 3.05) is 0 Å². The van der Waals surface area contributed by atoms with Gasteiger partial charge in [-0.1, -0.05) is 24.3 Å². The Kier molecular flexibility index (Phi) is 3.40. The van der Waals surface area contributed by atoms with E-state index in [9.17, 15) is 13.6 Å². The second kappa shape index (κ2) is 5.10. The number of hydrogen-bond donors (Lipinski definition) is 0. The van der Waals surface area contributed by atoms with Crippen LogP contribution in [-0.2, 0) is 15.1 Å². The van der Waals surface area contributed by atoms with Crippen LogP contribution < -0.4 is 0 Å². The Hall–Kier alpha value is -1.97. The van der Waals surface area contributed by atoms with Gasteiger partial charge in [0.15, 0.2) is 11.6 Å². The van der Waals surface area contributed by atoms with Crippen LogP contribution in [0.4, 0.5) is 8.78 Å². The van der Waals surface area contributed by atoms with Crippen molar-refractivity contribution < 1.29 is 18.3 Å². The summed E-state index contributed by atoms with van der Waals surface area (Å²) in [5.41, 5.74) is -0.260. The van der Waals surface area contributed by atoms with Crippen LogP contribution in [0.5, 0.6) is 0 Å². The van der Waals surface area contributed by atoms with E-state index in [0.29, 0.717) is 23.8 Å². The first-order valence-electron chi connectivity index (χ1n) is 7.10. The molecule has 1 aliphatic carbocycles. The Morgan fingerprint density at radius 3 is 2.38 bits per heavy atom. The minimum Gasteiger partial charge on any atom is -0.454 e. The van der Waals surface area contributed by atoms with Gasteiger partial charge in [0.05, 0.1) is 0 Å². The van der Waals surface area contributed by atoms with E-state index in [-0.39, 0.29) is 5.39 Å². The van der Waals surface area contributed by atoms with Gasteiger partial charge >= 0.3 is 5.97 Å². The minimum absolute atomic E-state index is 0.228. The van der Waals surface area contributed by atoms with Crippen LogP contribution in [-0.4, -0.2) is 5.97 Å². The summed E-state index contributed by atoms with van der Waals surface area (Å²) >= 11 is 0. The largest absolute Gasteiger partial charge is 0.454 e. The average Bonchev–Trinajstić information content (AvgIpc) is 2.91. The van der Waals surface area contributed by atoms with Crippen molar-refractivity contribution in [2.45, 2.75) is 38.2 Å². The number of fused-ring (bicyclic) bond motifs is 1. The molecular formula is C17H16F2O2. The lowest BCUT2D eigenvalue weighted by molar-refractivity contribution is -0.157. The first-order valence-corrected chi connectivity index (χ1v) is 7.10. The van der Waals surface area contributed by atoms with Crippen LogP contribution in [0.15, 0.2) is 30.3 Å². The molecule has 21 heavy (non-hydrogen) atoms. The number of benzene rings is 2. The molecule has 0 saturated heterocycles. The molecule has 0 heterocycles. The van der Waals surface area contributed by atoms with Gasteiger partial charge in [-0.25, -0.2) is 8.78 Å². The molecule has 0 amide bonds. The number of hydrogen-bond acceptors (Lipinski definition) is 2. The van der Waals surface area contributed by atoms with Crippen molar-refractivity contribution in [1.29, 1.82) is 0 Å². The van der Waals surface area contributed by atoms with Crippen LogP contribution in [0.25, 0.3) is 10.8 Å². The van der Waals surface area contributed by atoms with Crippen molar-refractivity contribution >= 4 is 16.7 Å². The molecule has 1 fully saturated rings. The maximum atomic E-state index is 14.0. The Labute approximate surface area is 121 Å². The Bertz CT molecular complexity index is 703. The number of ether oxygens (including phenoxy) is 1. The predicted octanol–water partition coefficient (Wildman–Crippen LogP) is 4.45. The quantitative estimate of drug-likeness (QED) is 0.764. The minimum atomic E-state index is -0.901. The highest BCUT2D eigenvalue weighted by atomic mass is 19.2. The fourth-order valence-electron chi connectivity index (χ4n) is 3.33. The first kappa shape index (κ1) is 14.0. The summed E-state index contributed by atoms with van der Waals surface area (Å²) in [6, 6.07) is 7.93. The third kappa shape index (κ3) is 2.28. The fraction of sp³-hybridized carbons (Fsp3) is 0.353. The van der Waals surface area contributed by atoms with E-state index in [1.807, 2.05) is 0 Å². The normalized spacial score (nSPS) is 17.1. The van der Waals surface area contributed by atoms with Gasteiger partial charge < -0.3 is 4.74 Å². The number of esters is 1. The second-order valence-corrected chi connectivity index (χ2v) is 5.56.